The molecule has 1 aliphatic heterocycles. The van der Waals surface area contributed by atoms with Crippen LogP contribution >= 0.6 is 11.6 Å². The third-order valence-electron chi connectivity index (χ3n) is 6.88. The number of aliphatic hydroxyl groups is 3. The van der Waals surface area contributed by atoms with Crippen LogP contribution in [0.15, 0.2) is 60.7 Å². The maximum atomic E-state index is 9.64. The number of H-pyrrole nitrogens is 1. The second-order valence-electron chi connectivity index (χ2n) is 9.54. The molecular weight excluding hydrogens is 480 g/mol. The summed E-state index contributed by atoms with van der Waals surface area (Å²) in [5.41, 5.74) is 5.69. The highest BCUT2D eigenvalue weighted by Crippen LogP contribution is 2.34. The lowest BCUT2D eigenvalue weighted by molar-refractivity contribution is 0.0528. The first-order chi connectivity index (χ1) is 17.4. The molecule has 1 aromatic heterocycles. The van der Waals surface area contributed by atoms with E-state index < -0.39 is 5.41 Å². The molecule has 1 fully saturated rings. The molecule has 188 valence electrons. The van der Waals surface area contributed by atoms with Gasteiger partial charge in [-0.15, -0.1) is 0 Å². The summed E-state index contributed by atoms with van der Waals surface area (Å²) < 4.78 is 11.4. The molecule has 0 bridgehead atoms. The number of ether oxygens (including phenoxy) is 2. The molecule has 3 aromatic carbocycles. The van der Waals surface area contributed by atoms with Crippen molar-refractivity contribution in [2.75, 3.05) is 26.4 Å². The van der Waals surface area contributed by atoms with Gasteiger partial charge in [0.15, 0.2) is 0 Å². The van der Waals surface area contributed by atoms with Gasteiger partial charge >= 0.3 is 0 Å². The number of hydrogen-bond donors (Lipinski definition) is 4. The molecule has 0 spiro atoms. The SMILES string of the molecule is CC(CO)(CO)c1ccc(-c2ccc(-c3cc4nc(O[C@@H]5CO[C@H](CO)C5)[nH]c4cc3Cl)cc2)cc1. The minimum atomic E-state index is -0.665. The number of rotatable bonds is 8. The van der Waals surface area contributed by atoms with Gasteiger partial charge in [-0.05, 0) is 34.4 Å². The fourth-order valence-electron chi connectivity index (χ4n) is 4.46. The van der Waals surface area contributed by atoms with Crippen LogP contribution in [0.5, 0.6) is 6.01 Å². The number of benzene rings is 3. The number of aliphatic hydroxyl groups excluding tert-OH is 3. The van der Waals surface area contributed by atoms with E-state index >= 15 is 0 Å². The molecule has 7 nitrogen and oxygen atoms in total. The van der Waals surface area contributed by atoms with Crippen molar-refractivity contribution < 1.29 is 24.8 Å². The topological polar surface area (TPSA) is 108 Å². The fraction of sp³-hybridized carbons (Fsp3) is 0.321. The molecule has 8 heteroatoms. The summed E-state index contributed by atoms with van der Waals surface area (Å²) in [5, 5.41) is 29.1. The van der Waals surface area contributed by atoms with Gasteiger partial charge in [0, 0.05) is 17.4 Å². The lowest BCUT2D eigenvalue weighted by atomic mass is 9.83. The summed E-state index contributed by atoms with van der Waals surface area (Å²) in [6.07, 6.45) is 0.277. The van der Waals surface area contributed by atoms with E-state index in [2.05, 4.69) is 9.97 Å². The van der Waals surface area contributed by atoms with Crippen molar-refractivity contribution in [2.45, 2.75) is 31.0 Å². The number of halogens is 1. The summed E-state index contributed by atoms with van der Waals surface area (Å²) in [5.74, 6) is 0. The van der Waals surface area contributed by atoms with E-state index in [0.29, 0.717) is 24.1 Å². The van der Waals surface area contributed by atoms with Crippen LogP contribution in [0.3, 0.4) is 0 Å². The van der Waals surface area contributed by atoms with Gasteiger partial charge in [0.25, 0.3) is 6.01 Å². The second kappa shape index (κ2) is 10.2. The van der Waals surface area contributed by atoms with Gasteiger partial charge in [-0.25, -0.2) is 0 Å². The second-order valence-corrected chi connectivity index (χ2v) is 9.94. The number of aromatic nitrogens is 2. The zero-order chi connectivity index (χ0) is 25.3. The monoisotopic (exact) mass is 508 g/mol. The zero-order valence-electron chi connectivity index (χ0n) is 19.9. The standard InChI is InChI=1S/C28H29ClN2O5/c1-28(15-33,16-34)20-8-6-18(7-9-20)17-2-4-19(5-3-17)23-11-25-26(12-24(23)29)31-27(30-25)36-22-10-21(13-32)35-14-22/h2-9,11-12,21-22,32-34H,10,13-16H2,1H3,(H,30,31)/t21-,22-/m0/s1. The van der Waals surface area contributed by atoms with Crippen LogP contribution in [0.25, 0.3) is 33.3 Å². The molecule has 0 saturated carbocycles. The number of aromatic amines is 1. The Morgan fingerprint density at radius 2 is 1.64 bits per heavy atom. The average Bonchev–Trinajstić information content (AvgIpc) is 3.54. The van der Waals surface area contributed by atoms with Crippen LogP contribution in [0.1, 0.15) is 18.9 Å². The fourth-order valence-corrected chi connectivity index (χ4v) is 4.74. The molecule has 2 atom stereocenters. The first-order valence-corrected chi connectivity index (χ1v) is 12.3. The molecular formula is C28H29ClN2O5. The van der Waals surface area contributed by atoms with Gasteiger partial charge in [-0.2, -0.15) is 4.98 Å². The number of nitrogens with one attached hydrogen (secondary N) is 1. The van der Waals surface area contributed by atoms with Crippen LogP contribution < -0.4 is 4.74 Å². The predicted molar refractivity (Wildman–Crippen MR) is 139 cm³/mol. The highest BCUT2D eigenvalue weighted by atomic mass is 35.5. The Bertz CT molecular complexity index is 1330. The molecule has 0 aliphatic carbocycles. The highest BCUT2D eigenvalue weighted by molar-refractivity contribution is 6.34. The Labute approximate surface area is 214 Å². The van der Waals surface area contributed by atoms with Crippen LogP contribution in [-0.2, 0) is 10.2 Å². The van der Waals surface area contributed by atoms with Crippen molar-refractivity contribution in [3.63, 3.8) is 0 Å². The van der Waals surface area contributed by atoms with Crippen LogP contribution in [-0.4, -0.2) is 63.9 Å². The molecule has 0 unspecified atom stereocenters. The molecule has 0 amide bonds. The summed E-state index contributed by atoms with van der Waals surface area (Å²) >= 11 is 6.62. The molecule has 0 radical (unpaired) electrons. The van der Waals surface area contributed by atoms with Gasteiger partial charge in [0.05, 0.1) is 48.6 Å². The number of nitrogens with zero attached hydrogens (tertiary/aromatic N) is 1. The summed E-state index contributed by atoms with van der Waals surface area (Å²) in [6.45, 7) is 2.00. The van der Waals surface area contributed by atoms with Crippen molar-refractivity contribution >= 4 is 22.6 Å². The van der Waals surface area contributed by atoms with Crippen molar-refractivity contribution in [1.82, 2.24) is 9.97 Å². The molecule has 1 aliphatic rings. The Balaban J connectivity index is 1.35. The summed E-state index contributed by atoms with van der Waals surface area (Å²) in [6, 6.07) is 20.2. The first kappa shape index (κ1) is 24.7. The van der Waals surface area contributed by atoms with Crippen molar-refractivity contribution in [2.24, 2.45) is 0 Å². The highest BCUT2D eigenvalue weighted by Gasteiger charge is 2.27. The molecule has 4 aromatic rings. The van der Waals surface area contributed by atoms with E-state index in [-0.39, 0.29) is 32.0 Å². The minimum Gasteiger partial charge on any atom is -0.459 e. The number of imidazole rings is 1. The van der Waals surface area contributed by atoms with Gasteiger partial charge in [0.2, 0.25) is 0 Å². The average molecular weight is 509 g/mol. The van der Waals surface area contributed by atoms with Gasteiger partial charge < -0.3 is 29.8 Å². The lowest BCUT2D eigenvalue weighted by Gasteiger charge is -2.25. The van der Waals surface area contributed by atoms with Crippen molar-refractivity contribution in [3.8, 4) is 28.3 Å². The van der Waals surface area contributed by atoms with Crippen LogP contribution in [0.2, 0.25) is 5.02 Å². The molecule has 1 saturated heterocycles. The quantitative estimate of drug-likeness (QED) is 0.282. The third-order valence-corrected chi connectivity index (χ3v) is 7.20. The van der Waals surface area contributed by atoms with E-state index in [4.69, 9.17) is 21.1 Å². The van der Waals surface area contributed by atoms with E-state index in [1.807, 2.05) is 67.6 Å². The molecule has 4 N–H and O–H groups in total. The Morgan fingerprint density at radius 1 is 1.00 bits per heavy atom. The molecule has 5 rings (SSSR count). The number of fused-ring (bicyclic) bond motifs is 1. The van der Waals surface area contributed by atoms with Gasteiger partial charge in [-0.3, -0.25) is 0 Å². The molecule has 2 heterocycles. The summed E-state index contributed by atoms with van der Waals surface area (Å²) in [7, 11) is 0. The largest absolute Gasteiger partial charge is 0.459 e. The lowest BCUT2D eigenvalue weighted by Crippen LogP contribution is -2.30. The van der Waals surface area contributed by atoms with Crippen LogP contribution in [0, 0.1) is 0 Å². The smallest absolute Gasteiger partial charge is 0.294 e. The Kier molecular flexibility index (Phi) is 7.01. The predicted octanol–water partition coefficient (Wildman–Crippen LogP) is 4.32. The minimum absolute atomic E-state index is 0.0179. The Hall–Kier alpha value is -2.94. The van der Waals surface area contributed by atoms with Gasteiger partial charge in [0.1, 0.15) is 6.10 Å². The van der Waals surface area contributed by atoms with E-state index in [0.717, 1.165) is 38.9 Å². The van der Waals surface area contributed by atoms with Crippen molar-refractivity contribution in [1.29, 1.82) is 0 Å². The zero-order valence-corrected chi connectivity index (χ0v) is 20.7. The molecule has 36 heavy (non-hydrogen) atoms. The van der Waals surface area contributed by atoms with E-state index in [9.17, 15) is 15.3 Å². The van der Waals surface area contributed by atoms with Crippen LogP contribution in [0.4, 0.5) is 0 Å². The number of hydrogen-bond acceptors (Lipinski definition) is 6. The third kappa shape index (κ3) is 4.85. The van der Waals surface area contributed by atoms with Crippen molar-refractivity contribution in [3.05, 3.63) is 71.2 Å². The van der Waals surface area contributed by atoms with E-state index in [1.165, 1.54) is 0 Å². The maximum Gasteiger partial charge on any atom is 0.294 e. The van der Waals surface area contributed by atoms with Gasteiger partial charge in [-0.1, -0.05) is 67.1 Å². The maximum absolute atomic E-state index is 9.64. The summed E-state index contributed by atoms with van der Waals surface area (Å²) in [4.78, 5) is 7.73. The van der Waals surface area contributed by atoms with E-state index in [1.54, 1.807) is 0 Å². The normalized spacial score (nSPS) is 18.1. The Morgan fingerprint density at radius 3 is 2.25 bits per heavy atom. The first-order valence-electron chi connectivity index (χ1n) is 11.9.